The van der Waals surface area contributed by atoms with Crippen LogP contribution in [0.15, 0.2) is 18.2 Å². The van der Waals surface area contributed by atoms with Crippen molar-refractivity contribution >= 4 is 6.03 Å². The summed E-state index contributed by atoms with van der Waals surface area (Å²) in [4.78, 5) is 12.4. The van der Waals surface area contributed by atoms with Crippen LogP contribution in [0.25, 0.3) is 0 Å². The number of benzene rings is 1. The summed E-state index contributed by atoms with van der Waals surface area (Å²) in [5, 5.41) is 15.6. The van der Waals surface area contributed by atoms with Gasteiger partial charge in [-0.05, 0) is 49.8 Å². The second-order valence-corrected chi connectivity index (χ2v) is 6.85. The number of hydrogen-bond donors (Lipinski definition) is 3. The van der Waals surface area contributed by atoms with E-state index in [1.165, 1.54) is 19.2 Å². The predicted molar refractivity (Wildman–Crippen MR) is 88.3 cm³/mol. The minimum atomic E-state index is -0.375. The maximum absolute atomic E-state index is 13.7. The van der Waals surface area contributed by atoms with Crippen molar-refractivity contribution in [2.45, 2.75) is 56.7 Å². The minimum Gasteiger partial charge on any atom is -0.496 e. The molecule has 2 aliphatic rings. The molecule has 0 unspecified atom stereocenters. The number of methoxy groups -OCH3 is 1. The first-order valence-electron chi connectivity index (χ1n) is 8.65. The summed E-state index contributed by atoms with van der Waals surface area (Å²) in [5.41, 5.74) is 0.621. The molecule has 2 amide bonds. The van der Waals surface area contributed by atoms with Gasteiger partial charge in [-0.1, -0.05) is 12.8 Å². The molecule has 0 aliphatic heterocycles. The van der Waals surface area contributed by atoms with Gasteiger partial charge in [0.1, 0.15) is 11.6 Å². The molecule has 24 heavy (non-hydrogen) atoms. The van der Waals surface area contributed by atoms with Crippen molar-refractivity contribution in [3.63, 3.8) is 0 Å². The smallest absolute Gasteiger partial charge is 0.315 e. The molecule has 3 rings (SSSR count). The summed E-state index contributed by atoms with van der Waals surface area (Å²) in [6.07, 6.45) is 5.12. The summed E-state index contributed by atoms with van der Waals surface area (Å²) in [6, 6.07) is 3.92. The fourth-order valence-corrected chi connectivity index (χ4v) is 3.74. The van der Waals surface area contributed by atoms with E-state index in [2.05, 4.69) is 10.6 Å². The van der Waals surface area contributed by atoms with Gasteiger partial charge in [0, 0.05) is 11.6 Å². The number of halogens is 1. The van der Waals surface area contributed by atoms with E-state index in [0.29, 0.717) is 24.2 Å². The molecule has 0 saturated heterocycles. The van der Waals surface area contributed by atoms with E-state index < -0.39 is 0 Å². The SMILES string of the molecule is COc1ccc(F)cc1[C@H](NC(=O)NC1CCCC1)C1CC(O)C1. The van der Waals surface area contributed by atoms with E-state index >= 15 is 0 Å². The lowest BCUT2D eigenvalue weighted by atomic mass is 9.75. The van der Waals surface area contributed by atoms with Gasteiger partial charge >= 0.3 is 6.03 Å². The Balaban J connectivity index is 1.76. The lowest BCUT2D eigenvalue weighted by Crippen LogP contribution is -2.47. The highest BCUT2D eigenvalue weighted by Gasteiger charge is 2.37. The zero-order valence-corrected chi connectivity index (χ0v) is 13.9. The van der Waals surface area contributed by atoms with Crippen molar-refractivity contribution in [1.82, 2.24) is 10.6 Å². The van der Waals surface area contributed by atoms with Crippen molar-refractivity contribution in [3.8, 4) is 5.75 Å². The molecule has 0 spiro atoms. The number of hydrogen-bond acceptors (Lipinski definition) is 3. The predicted octanol–water partition coefficient (Wildman–Crippen LogP) is 2.89. The molecule has 1 atom stereocenters. The monoisotopic (exact) mass is 336 g/mol. The first-order valence-corrected chi connectivity index (χ1v) is 8.65. The summed E-state index contributed by atoms with van der Waals surface area (Å²) < 4.78 is 19.1. The zero-order valence-electron chi connectivity index (χ0n) is 13.9. The topological polar surface area (TPSA) is 70.6 Å². The standard InChI is InChI=1S/C18H25FN2O3/c1-24-16-7-6-12(19)10-15(16)17(11-8-14(22)9-11)21-18(23)20-13-4-2-3-5-13/h6-7,10-11,13-14,17,22H,2-5,8-9H2,1H3,(H2,20,21,23)/t11?,14?,17-/m1/s1. The highest BCUT2D eigenvalue weighted by Crippen LogP contribution is 2.41. The average molecular weight is 336 g/mol. The van der Waals surface area contributed by atoms with Crippen molar-refractivity contribution in [3.05, 3.63) is 29.6 Å². The van der Waals surface area contributed by atoms with Crippen LogP contribution in [0.5, 0.6) is 5.75 Å². The van der Waals surface area contributed by atoms with Crippen molar-refractivity contribution in [1.29, 1.82) is 0 Å². The van der Waals surface area contributed by atoms with Gasteiger partial charge in [-0.3, -0.25) is 0 Å². The summed E-state index contributed by atoms with van der Waals surface area (Å²) in [7, 11) is 1.53. The van der Waals surface area contributed by atoms with Gasteiger partial charge in [-0.25, -0.2) is 9.18 Å². The molecule has 2 aliphatic carbocycles. The van der Waals surface area contributed by atoms with Crippen LogP contribution in [0.1, 0.15) is 50.1 Å². The van der Waals surface area contributed by atoms with E-state index in [4.69, 9.17) is 4.74 Å². The number of carbonyl (C=O) groups is 1. The number of amides is 2. The average Bonchev–Trinajstić information content (AvgIpc) is 3.02. The van der Waals surface area contributed by atoms with E-state index in [9.17, 15) is 14.3 Å². The normalized spacial score (nSPS) is 25.0. The summed E-state index contributed by atoms with van der Waals surface area (Å²) >= 11 is 0. The first-order chi connectivity index (χ1) is 11.6. The Morgan fingerprint density at radius 2 is 2.04 bits per heavy atom. The van der Waals surface area contributed by atoms with E-state index in [1.807, 2.05) is 0 Å². The quantitative estimate of drug-likeness (QED) is 0.774. The van der Waals surface area contributed by atoms with Crippen LogP contribution in [0.4, 0.5) is 9.18 Å². The number of aliphatic hydroxyl groups is 1. The van der Waals surface area contributed by atoms with Gasteiger partial charge in [-0.15, -0.1) is 0 Å². The van der Waals surface area contributed by atoms with Gasteiger partial charge in [0.15, 0.2) is 0 Å². The molecular formula is C18H25FN2O3. The Morgan fingerprint density at radius 1 is 1.33 bits per heavy atom. The third kappa shape index (κ3) is 3.80. The van der Waals surface area contributed by atoms with E-state index in [1.54, 1.807) is 6.07 Å². The third-order valence-electron chi connectivity index (χ3n) is 5.12. The highest BCUT2D eigenvalue weighted by atomic mass is 19.1. The highest BCUT2D eigenvalue weighted by molar-refractivity contribution is 5.75. The third-order valence-corrected chi connectivity index (χ3v) is 5.12. The number of aliphatic hydroxyl groups excluding tert-OH is 1. The molecule has 5 nitrogen and oxygen atoms in total. The molecule has 0 bridgehead atoms. The van der Waals surface area contributed by atoms with Gasteiger partial charge in [0.2, 0.25) is 0 Å². The lowest BCUT2D eigenvalue weighted by molar-refractivity contribution is 0.0254. The molecule has 0 aromatic heterocycles. The molecule has 3 N–H and O–H groups in total. The van der Waals surface area contributed by atoms with Crippen LogP contribution in [0, 0.1) is 11.7 Å². The Bertz CT molecular complexity index is 584. The van der Waals surface area contributed by atoms with Crippen LogP contribution in [-0.2, 0) is 0 Å². The Labute approximate surface area is 141 Å². The fourth-order valence-electron chi connectivity index (χ4n) is 3.74. The molecule has 1 aromatic rings. The molecule has 1 aromatic carbocycles. The molecule has 2 saturated carbocycles. The maximum Gasteiger partial charge on any atom is 0.315 e. The molecule has 6 heteroatoms. The van der Waals surface area contributed by atoms with Gasteiger partial charge < -0.3 is 20.5 Å². The Morgan fingerprint density at radius 3 is 2.67 bits per heavy atom. The minimum absolute atomic E-state index is 0.0741. The van der Waals surface area contributed by atoms with Crippen LogP contribution in [0.3, 0.4) is 0 Å². The lowest BCUT2D eigenvalue weighted by Gasteiger charge is -2.38. The molecular weight excluding hydrogens is 311 g/mol. The molecule has 2 fully saturated rings. The molecule has 132 valence electrons. The van der Waals surface area contributed by atoms with Gasteiger partial charge in [-0.2, -0.15) is 0 Å². The number of ether oxygens (including phenoxy) is 1. The van der Waals surface area contributed by atoms with Crippen molar-refractivity contribution < 1.29 is 19.0 Å². The maximum atomic E-state index is 13.7. The zero-order chi connectivity index (χ0) is 17.1. The van der Waals surface area contributed by atoms with Gasteiger partial charge in [0.25, 0.3) is 0 Å². The van der Waals surface area contributed by atoms with Crippen molar-refractivity contribution in [2.75, 3.05) is 7.11 Å². The summed E-state index contributed by atoms with van der Waals surface area (Å²) in [6.45, 7) is 0. The number of rotatable bonds is 5. The number of nitrogens with one attached hydrogen (secondary N) is 2. The van der Waals surface area contributed by atoms with Crippen LogP contribution >= 0.6 is 0 Å². The van der Waals surface area contributed by atoms with Gasteiger partial charge in [0.05, 0.1) is 19.3 Å². The van der Waals surface area contributed by atoms with Crippen LogP contribution in [-0.4, -0.2) is 30.4 Å². The molecule has 0 heterocycles. The second kappa shape index (κ2) is 7.38. The van der Waals surface area contributed by atoms with Crippen molar-refractivity contribution in [2.24, 2.45) is 5.92 Å². The fraction of sp³-hybridized carbons (Fsp3) is 0.611. The van der Waals surface area contributed by atoms with Crippen LogP contribution in [0.2, 0.25) is 0 Å². The molecule has 0 radical (unpaired) electrons. The summed E-state index contributed by atoms with van der Waals surface area (Å²) in [5.74, 6) is 0.252. The number of urea groups is 1. The van der Waals surface area contributed by atoms with Crippen LogP contribution < -0.4 is 15.4 Å². The first kappa shape index (κ1) is 17.0. The largest absolute Gasteiger partial charge is 0.496 e. The van der Waals surface area contributed by atoms with E-state index in [0.717, 1.165) is 25.7 Å². The Kier molecular flexibility index (Phi) is 5.23. The number of carbonyl (C=O) groups excluding carboxylic acids is 1. The second-order valence-electron chi connectivity index (χ2n) is 6.85. The van der Waals surface area contributed by atoms with E-state index in [-0.39, 0.29) is 36.0 Å². The Hall–Kier alpha value is -1.82.